The summed E-state index contributed by atoms with van der Waals surface area (Å²) in [6.07, 6.45) is 0.940. The fraction of sp³-hybridized carbons (Fsp3) is 0.267. The third kappa shape index (κ3) is 2.24. The first kappa shape index (κ1) is 14.2. The van der Waals surface area contributed by atoms with Gasteiger partial charge in [-0.15, -0.1) is 0 Å². The average Bonchev–Trinajstić information content (AvgIpc) is 2.82. The molecule has 0 fully saturated rings. The van der Waals surface area contributed by atoms with Crippen molar-refractivity contribution in [3.8, 4) is 0 Å². The zero-order valence-corrected chi connectivity index (χ0v) is 12.3. The van der Waals surface area contributed by atoms with Crippen LogP contribution in [-0.2, 0) is 26.9 Å². The summed E-state index contributed by atoms with van der Waals surface area (Å²) in [6.45, 7) is 0. The highest BCUT2D eigenvalue weighted by Crippen LogP contribution is 2.13. The maximum atomic E-state index is 13.7. The van der Waals surface area contributed by atoms with Crippen LogP contribution < -0.4 is 11.2 Å². The first-order valence-electron chi connectivity index (χ1n) is 6.87. The molecular formula is C15H15FN4O2. The number of hydrogen-bond acceptors (Lipinski definition) is 3. The lowest BCUT2D eigenvalue weighted by molar-refractivity contribution is 0.606. The summed E-state index contributed by atoms with van der Waals surface area (Å²) in [5.41, 5.74) is 0.296. The van der Waals surface area contributed by atoms with Crippen LogP contribution in [0.5, 0.6) is 0 Å². The molecule has 0 spiro atoms. The molecule has 1 N–H and O–H groups in total. The molecule has 0 radical (unpaired) electrons. The SMILES string of the molecule is Cn1c(CCc2ccccc2F)nc2c1c(=O)[nH]c(=O)n2C. The van der Waals surface area contributed by atoms with Gasteiger partial charge in [-0.2, -0.15) is 0 Å². The van der Waals surface area contributed by atoms with Crippen molar-refractivity contribution in [3.63, 3.8) is 0 Å². The van der Waals surface area contributed by atoms with Crippen LogP contribution in [0.4, 0.5) is 4.39 Å². The number of aryl methyl sites for hydroxylation is 4. The van der Waals surface area contributed by atoms with Crippen LogP contribution in [-0.4, -0.2) is 19.1 Å². The van der Waals surface area contributed by atoms with Crippen molar-refractivity contribution in [2.24, 2.45) is 14.1 Å². The Balaban J connectivity index is 2.02. The van der Waals surface area contributed by atoms with Crippen molar-refractivity contribution in [1.29, 1.82) is 0 Å². The summed E-state index contributed by atoms with van der Waals surface area (Å²) in [5.74, 6) is 0.372. The molecule has 0 aliphatic rings. The summed E-state index contributed by atoms with van der Waals surface area (Å²) in [5, 5.41) is 0. The van der Waals surface area contributed by atoms with Crippen molar-refractivity contribution in [2.45, 2.75) is 12.8 Å². The number of fused-ring (bicyclic) bond motifs is 1. The first-order chi connectivity index (χ1) is 10.5. The van der Waals surface area contributed by atoms with Gasteiger partial charge in [0.1, 0.15) is 11.6 Å². The predicted molar refractivity (Wildman–Crippen MR) is 80.4 cm³/mol. The molecule has 114 valence electrons. The minimum atomic E-state index is -0.503. The predicted octanol–water partition coefficient (Wildman–Crippen LogP) is 0.885. The molecule has 3 rings (SSSR count). The van der Waals surface area contributed by atoms with Gasteiger partial charge in [-0.05, 0) is 18.1 Å². The number of nitrogens with zero attached hydrogens (tertiary/aromatic N) is 3. The van der Waals surface area contributed by atoms with Gasteiger partial charge in [0.2, 0.25) is 0 Å². The number of halogens is 1. The Labute approximate surface area is 124 Å². The topological polar surface area (TPSA) is 72.7 Å². The fourth-order valence-electron chi connectivity index (χ4n) is 2.52. The van der Waals surface area contributed by atoms with Gasteiger partial charge in [-0.3, -0.25) is 14.3 Å². The van der Waals surface area contributed by atoms with Gasteiger partial charge in [0, 0.05) is 20.5 Å². The van der Waals surface area contributed by atoms with Gasteiger partial charge in [0.05, 0.1) is 0 Å². The van der Waals surface area contributed by atoms with Crippen LogP contribution in [0.3, 0.4) is 0 Å². The number of imidazole rings is 1. The zero-order chi connectivity index (χ0) is 15.9. The highest BCUT2D eigenvalue weighted by Gasteiger charge is 2.15. The first-order valence-corrected chi connectivity index (χ1v) is 6.87. The van der Waals surface area contributed by atoms with E-state index in [-0.39, 0.29) is 5.82 Å². The minimum Gasteiger partial charge on any atom is -0.325 e. The summed E-state index contributed by atoms with van der Waals surface area (Å²) >= 11 is 0. The van der Waals surface area contributed by atoms with E-state index in [9.17, 15) is 14.0 Å². The van der Waals surface area contributed by atoms with Crippen molar-refractivity contribution >= 4 is 11.2 Å². The minimum absolute atomic E-state index is 0.258. The molecule has 3 aromatic rings. The molecule has 0 saturated heterocycles. The van der Waals surface area contributed by atoms with E-state index in [0.29, 0.717) is 35.4 Å². The molecule has 1 aromatic carbocycles. The highest BCUT2D eigenvalue weighted by atomic mass is 19.1. The highest BCUT2D eigenvalue weighted by molar-refractivity contribution is 5.70. The van der Waals surface area contributed by atoms with E-state index in [1.165, 1.54) is 10.6 Å². The van der Waals surface area contributed by atoms with E-state index in [1.54, 1.807) is 36.9 Å². The normalized spacial score (nSPS) is 11.2. The summed E-state index contributed by atoms with van der Waals surface area (Å²) in [7, 11) is 3.26. The average molecular weight is 302 g/mol. The lowest BCUT2D eigenvalue weighted by atomic mass is 10.1. The molecule has 0 unspecified atom stereocenters. The Hall–Kier alpha value is -2.70. The molecule has 6 nitrogen and oxygen atoms in total. The maximum absolute atomic E-state index is 13.7. The number of rotatable bonds is 3. The van der Waals surface area contributed by atoms with E-state index in [0.717, 1.165) is 0 Å². The second-order valence-electron chi connectivity index (χ2n) is 5.17. The van der Waals surface area contributed by atoms with Gasteiger partial charge < -0.3 is 4.57 Å². The van der Waals surface area contributed by atoms with Crippen LogP contribution >= 0.6 is 0 Å². The van der Waals surface area contributed by atoms with E-state index in [4.69, 9.17) is 0 Å². The summed E-state index contributed by atoms with van der Waals surface area (Å²) in [6, 6.07) is 6.56. The van der Waals surface area contributed by atoms with Crippen LogP contribution in [0.1, 0.15) is 11.4 Å². The molecule has 0 aliphatic heterocycles. The van der Waals surface area contributed by atoms with Crippen LogP contribution in [0.15, 0.2) is 33.9 Å². The monoisotopic (exact) mass is 302 g/mol. The quantitative estimate of drug-likeness (QED) is 0.781. The molecule has 0 saturated carbocycles. The number of nitrogens with one attached hydrogen (secondary N) is 1. The smallest absolute Gasteiger partial charge is 0.325 e. The molecule has 2 aromatic heterocycles. The molecule has 0 atom stereocenters. The largest absolute Gasteiger partial charge is 0.329 e. The van der Waals surface area contributed by atoms with Gasteiger partial charge in [0.25, 0.3) is 5.56 Å². The van der Waals surface area contributed by atoms with Crippen molar-refractivity contribution < 1.29 is 4.39 Å². The Morgan fingerprint density at radius 1 is 1.14 bits per heavy atom. The third-order valence-corrected chi connectivity index (χ3v) is 3.80. The summed E-state index contributed by atoms with van der Waals surface area (Å²) in [4.78, 5) is 30.1. The molecule has 7 heteroatoms. The van der Waals surface area contributed by atoms with Crippen LogP contribution in [0.25, 0.3) is 11.2 Å². The van der Waals surface area contributed by atoms with Crippen molar-refractivity contribution in [3.05, 3.63) is 62.3 Å². The van der Waals surface area contributed by atoms with E-state index in [2.05, 4.69) is 9.97 Å². The maximum Gasteiger partial charge on any atom is 0.329 e. The molecule has 0 amide bonds. The lowest BCUT2D eigenvalue weighted by Gasteiger charge is -2.03. The lowest BCUT2D eigenvalue weighted by Crippen LogP contribution is -2.29. The van der Waals surface area contributed by atoms with Crippen LogP contribution in [0.2, 0.25) is 0 Å². The second kappa shape index (κ2) is 5.25. The second-order valence-corrected chi connectivity index (χ2v) is 5.17. The van der Waals surface area contributed by atoms with Gasteiger partial charge in [0.15, 0.2) is 11.2 Å². The van der Waals surface area contributed by atoms with Gasteiger partial charge in [-0.25, -0.2) is 14.2 Å². The van der Waals surface area contributed by atoms with Gasteiger partial charge >= 0.3 is 5.69 Å². The number of hydrogen-bond donors (Lipinski definition) is 1. The number of aromatic nitrogens is 4. The standard InChI is InChI=1S/C15H15FN4O2/c1-19-11(8-7-9-5-3-4-6-10(9)16)17-13-12(19)14(21)18-15(22)20(13)2/h3-6H,7-8H2,1-2H3,(H,18,21,22). The molecular weight excluding hydrogens is 287 g/mol. The van der Waals surface area contributed by atoms with Gasteiger partial charge in [-0.1, -0.05) is 18.2 Å². The number of benzene rings is 1. The Morgan fingerprint density at radius 3 is 2.59 bits per heavy atom. The molecule has 0 bridgehead atoms. The van der Waals surface area contributed by atoms with Crippen molar-refractivity contribution in [1.82, 2.24) is 19.1 Å². The Morgan fingerprint density at radius 2 is 1.86 bits per heavy atom. The summed E-state index contributed by atoms with van der Waals surface area (Å²) < 4.78 is 16.6. The molecule has 22 heavy (non-hydrogen) atoms. The van der Waals surface area contributed by atoms with Crippen molar-refractivity contribution in [2.75, 3.05) is 0 Å². The van der Waals surface area contributed by atoms with Crippen LogP contribution in [0, 0.1) is 5.82 Å². The number of aromatic amines is 1. The van der Waals surface area contributed by atoms with E-state index >= 15 is 0 Å². The fourth-order valence-corrected chi connectivity index (χ4v) is 2.52. The Bertz CT molecular complexity index is 968. The molecule has 0 aliphatic carbocycles. The molecule has 2 heterocycles. The Kier molecular flexibility index (Phi) is 3.40. The third-order valence-electron chi connectivity index (χ3n) is 3.80. The number of H-pyrrole nitrogens is 1. The van der Waals surface area contributed by atoms with E-state index in [1.807, 2.05) is 0 Å². The zero-order valence-electron chi connectivity index (χ0n) is 12.3. The van der Waals surface area contributed by atoms with E-state index < -0.39 is 11.2 Å².